The summed E-state index contributed by atoms with van der Waals surface area (Å²) in [6.45, 7) is 3.25. The molecular weight excluding hydrogens is 310 g/mol. The Bertz CT molecular complexity index is 716. The maximum Gasteiger partial charge on any atom is 0.236 e. The van der Waals surface area contributed by atoms with E-state index in [1.165, 1.54) is 29.0 Å². The van der Waals surface area contributed by atoms with Crippen LogP contribution in [0.2, 0.25) is 0 Å². The Balaban J connectivity index is 1.68. The molecule has 0 saturated carbocycles. The Kier molecular flexibility index (Phi) is 4.38. The monoisotopic (exact) mass is 329 g/mol. The first kappa shape index (κ1) is 15.6. The molecule has 0 radical (unpaired) electrons. The van der Waals surface area contributed by atoms with Gasteiger partial charge in [0.2, 0.25) is 5.91 Å². The molecule has 2 aromatic rings. The van der Waals surface area contributed by atoms with Crippen molar-refractivity contribution < 1.29 is 4.79 Å². The van der Waals surface area contributed by atoms with Crippen LogP contribution in [0.15, 0.2) is 35.5 Å². The Hall–Kier alpha value is -2.28. The van der Waals surface area contributed by atoms with Crippen molar-refractivity contribution in [1.29, 1.82) is 0 Å². The van der Waals surface area contributed by atoms with E-state index in [0.717, 1.165) is 13.0 Å². The second-order valence-corrected chi connectivity index (χ2v) is 6.85. The third kappa shape index (κ3) is 3.56. The highest BCUT2D eigenvalue weighted by molar-refractivity contribution is 8.00. The number of thioether (sulfide) groups is 1. The number of aromatic nitrogens is 2. The van der Waals surface area contributed by atoms with E-state index in [1.54, 1.807) is 0 Å². The van der Waals surface area contributed by atoms with Gasteiger partial charge in [-0.2, -0.15) is 0 Å². The average Bonchev–Trinajstić information content (AvgIpc) is 2.52. The number of amides is 1. The van der Waals surface area contributed by atoms with E-state index in [4.69, 9.17) is 11.5 Å². The molecule has 1 aromatic carbocycles. The summed E-state index contributed by atoms with van der Waals surface area (Å²) in [5, 5.41) is 0.141. The fourth-order valence-corrected chi connectivity index (χ4v) is 3.55. The predicted octanol–water partition coefficient (Wildman–Crippen LogP) is 1.71. The standard InChI is InChI=1S/C16H19N5OS/c1-10(23-16-19-13(17)8-14(18)20-16)15(22)21-7-6-11-4-2-3-5-12(11)9-21/h2-5,8,10H,6-7,9H2,1H3,(H4,17,18,19,20). The lowest BCUT2D eigenvalue weighted by atomic mass is 10.00. The second kappa shape index (κ2) is 6.45. The predicted molar refractivity (Wildman–Crippen MR) is 91.7 cm³/mol. The molecule has 23 heavy (non-hydrogen) atoms. The quantitative estimate of drug-likeness (QED) is 0.657. The van der Waals surface area contributed by atoms with Gasteiger partial charge in [-0.1, -0.05) is 36.0 Å². The molecular formula is C16H19N5OS. The number of hydrogen-bond donors (Lipinski definition) is 2. The molecule has 6 nitrogen and oxygen atoms in total. The van der Waals surface area contributed by atoms with Crippen molar-refractivity contribution in [3.63, 3.8) is 0 Å². The maximum absolute atomic E-state index is 12.7. The van der Waals surface area contributed by atoms with E-state index in [1.807, 2.05) is 24.0 Å². The fraction of sp³-hybridized carbons (Fsp3) is 0.312. The van der Waals surface area contributed by atoms with Gasteiger partial charge in [-0.25, -0.2) is 9.97 Å². The maximum atomic E-state index is 12.7. The number of carbonyl (C=O) groups is 1. The summed E-state index contributed by atoms with van der Waals surface area (Å²) in [7, 11) is 0. The van der Waals surface area contributed by atoms with E-state index in [2.05, 4.69) is 22.1 Å². The van der Waals surface area contributed by atoms with E-state index in [-0.39, 0.29) is 11.2 Å². The van der Waals surface area contributed by atoms with Crippen molar-refractivity contribution in [3.8, 4) is 0 Å². The zero-order chi connectivity index (χ0) is 16.4. The summed E-state index contributed by atoms with van der Waals surface area (Å²) in [6, 6.07) is 9.75. The van der Waals surface area contributed by atoms with Crippen LogP contribution in [-0.2, 0) is 17.8 Å². The molecule has 3 rings (SSSR count). The van der Waals surface area contributed by atoms with Gasteiger partial charge in [0, 0.05) is 19.2 Å². The molecule has 0 fully saturated rings. The van der Waals surface area contributed by atoms with Crippen LogP contribution in [0.1, 0.15) is 18.1 Å². The molecule has 0 aliphatic carbocycles. The zero-order valence-electron chi connectivity index (χ0n) is 12.9. The van der Waals surface area contributed by atoms with Crippen LogP contribution in [-0.4, -0.2) is 32.6 Å². The molecule has 1 aliphatic heterocycles. The van der Waals surface area contributed by atoms with E-state index < -0.39 is 0 Å². The molecule has 120 valence electrons. The van der Waals surface area contributed by atoms with Crippen molar-refractivity contribution in [3.05, 3.63) is 41.5 Å². The van der Waals surface area contributed by atoms with Gasteiger partial charge in [0.1, 0.15) is 11.6 Å². The van der Waals surface area contributed by atoms with Crippen molar-refractivity contribution in [1.82, 2.24) is 14.9 Å². The Morgan fingerprint density at radius 3 is 2.57 bits per heavy atom. The third-order valence-corrected chi connectivity index (χ3v) is 4.77. The molecule has 7 heteroatoms. The number of rotatable bonds is 3. The number of nitrogens with zero attached hydrogens (tertiary/aromatic N) is 3. The number of fused-ring (bicyclic) bond motifs is 1. The first-order chi connectivity index (χ1) is 11.0. The van der Waals surface area contributed by atoms with Gasteiger partial charge in [-0.05, 0) is 24.5 Å². The summed E-state index contributed by atoms with van der Waals surface area (Å²) in [5.74, 6) is 0.701. The fourth-order valence-electron chi connectivity index (χ4n) is 2.66. The summed E-state index contributed by atoms with van der Waals surface area (Å²) < 4.78 is 0. The number of anilines is 2. The number of carbonyl (C=O) groups excluding carboxylic acids is 1. The molecule has 0 spiro atoms. The highest BCUT2D eigenvalue weighted by atomic mass is 32.2. The molecule has 1 aliphatic rings. The first-order valence-electron chi connectivity index (χ1n) is 7.45. The lowest BCUT2D eigenvalue weighted by Gasteiger charge is -2.30. The van der Waals surface area contributed by atoms with Crippen LogP contribution < -0.4 is 11.5 Å². The SMILES string of the molecule is CC(Sc1nc(N)cc(N)n1)C(=O)N1CCc2ccccc2C1. The topological polar surface area (TPSA) is 98.1 Å². The molecule has 0 bridgehead atoms. The van der Waals surface area contributed by atoms with Crippen LogP contribution in [0.25, 0.3) is 0 Å². The lowest BCUT2D eigenvalue weighted by molar-refractivity contribution is -0.131. The van der Waals surface area contributed by atoms with Gasteiger partial charge in [0.05, 0.1) is 5.25 Å². The normalized spacial score (nSPS) is 15.1. The zero-order valence-corrected chi connectivity index (χ0v) is 13.7. The van der Waals surface area contributed by atoms with Gasteiger partial charge in [0.15, 0.2) is 5.16 Å². The van der Waals surface area contributed by atoms with Crippen LogP contribution in [0, 0.1) is 0 Å². The molecule has 1 amide bonds. The molecule has 1 unspecified atom stereocenters. The Labute approximate surface area is 139 Å². The largest absolute Gasteiger partial charge is 0.383 e. The van der Waals surface area contributed by atoms with Crippen LogP contribution in [0.3, 0.4) is 0 Å². The van der Waals surface area contributed by atoms with Crippen molar-refractivity contribution in [2.45, 2.75) is 30.3 Å². The number of nitrogen functional groups attached to an aromatic ring is 2. The summed E-state index contributed by atoms with van der Waals surface area (Å²) in [6.07, 6.45) is 0.890. The first-order valence-corrected chi connectivity index (χ1v) is 8.33. The minimum atomic E-state index is -0.290. The molecule has 0 saturated heterocycles. The molecule has 1 aromatic heterocycles. The van der Waals surface area contributed by atoms with E-state index >= 15 is 0 Å². The third-order valence-electron chi connectivity index (χ3n) is 3.82. The second-order valence-electron chi connectivity index (χ2n) is 5.54. The highest BCUT2D eigenvalue weighted by Gasteiger charge is 2.25. The van der Waals surface area contributed by atoms with Gasteiger partial charge in [-0.15, -0.1) is 0 Å². The lowest BCUT2D eigenvalue weighted by Crippen LogP contribution is -2.40. The van der Waals surface area contributed by atoms with Gasteiger partial charge in [-0.3, -0.25) is 4.79 Å². The molecule has 4 N–H and O–H groups in total. The van der Waals surface area contributed by atoms with Crippen LogP contribution in [0.5, 0.6) is 0 Å². The molecule has 2 heterocycles. The van der Waals surface area contributed by atoms with E-state index in [0.29, 0.717) is 23.3 Å². The summed E-state index contributed by atoms with van der Waals surface area (Å²) >= 11 is 1.28. The van der Waals surface area contributed by atoms with E-state index in [9.17, 15) is 4.79 Å². The van der Waals surface area contributed by atoms with Crippen LogP contribution in [0.4, 0.5) is 11.6 Å². The van der Waals surface area contributed by atoms with Gasteiger partial charge >= 0.3 is 0 Å². The number of hydrogen-bond acceptors (Lipinski definition) is 6. The van der Waals surface area contributed by atoms with Crippen molar-refractivity contribution in [2.24, 2.45) is 0 Å². The highest BCUT2D eigenvalue weighted by Crippen LogP contribution is 2.25. The van der Waals surface area contributed by atoms with Gasteiger partial charge < -0.3 is 16.4 Å². The minimum Gasteiger partial charge on any atom is -0.383 e. The minimum absolute atomic E-state index is 0.0779. The summed E-state index contributed by atoms with van der Waals surface area (Å²) in [5.41, 5.74) is 13.9. The Morgan fingerprint density at radius 1 is 1.22 bits per heavy atom. The average molecular weight is 329 g/mol. The smallest absolute Gasteiger partial charge is 0.236 e. The van der Waals surface area contributed by atoms with Crippen molar-refractivity contribution >= 4 is 29.3 Å². The number of nitrogens with two attached hydrogens (primary N) is 2. The number of benzene rings is 1. The Morgan fingerprint density at radius 2 is 1.87 bits per heavy atom. The van der Waals surface area contributed by atoms with Gasteiger partial charge in [0.25, 0.3) is 0 Å². The van der Waals surface area contributed by atoms with Crippen molar-refractivity contribution in [2.75, 3.05) is 18.0 Å². The summed E-state index contributed by atoms with van der Waals surface area (Å²) in [4.78, 5) is 22.8. The molecule has 1 atom stereocenters. The van der Waals surface area contributed by atoms with Crippen LogP contribution >= 0.6 is 11.8 Å².